The number of rotatable bonds is 5. The third-order valence-corrected chi connectivity index (χ3v) is 5.22. The molecule has 1 aromatic rings. The van der Waals surface area contributed by atoms with Crippen molar-refractivity contribution in [2.45, 2.75) is 58.0 Å². The smallest absolute Gasteiger partial charge is 0.0964 e. The van der Waals surface area contributed by atoms with Gasteiger partial charge in [0, 0.05) is 12.0 Å². The quantitative estimate of drug-likeness (QED) is 0.858. The SMILES string of the molecule is CCCC(O)(c1ccccc1)C1(CN)CCCC(C)C1. The van der Waals surface area contributed by atoms with Crippen LogP contribution in [-0.2, 0) is 5.60 Å². The molecular formula is C18H29NO. The minimum absolute atomic E-state index is 0.165. The first kappa shape index (κ1) is 15.5. The Morgan fingerprint density at radius 1 is 1.35 bits per heavy atom. The Kier molecular flexibility index (Phi) is 4.87. The van der Waals surface area contributed by atoms with E-state index in [-0.39, 0.29) is 5.41 Å². The normalized spacial score (nSPS) is 29.9. The fourth-order valence-corrected chi connectivity index (χ4v) is 4.18. The summed E-state index contributed by atoms with van der Waals surface area (Å²) < 4.78 is 0. The van der Waals surface area contributed by atoms with E-state index in [0.717, 1.165) is 31.2 Å². The summed E-state index contributed by atoms with van der Waals surface area (Å²) in [6.07, 6.45) is 6.28. The minimum Gasteiger partial charge on any atom is -0.385 e. The van der Waals surface area contributed by atoms with Crippen molar-refractivity contribution >= 4 is 0 Å². The molecule has 2 rings (SSSR count). The van der Waals surface area contributed by atoms with E-state index in [1.54, 1.807) is 0 Å². The number of hydrogen-bond acceptors (Lipinski definition) is 2. The molecule has 20 heavy (non-hydrogen) atoms. The van der Waals surface area contributed by atoms with E-state index in [0.29, 0.717) is 12.5 Å². The van der Waals surface area contributed by atoms with Crippen LogP contribution in [0.1, 0.15) is 57.9 Å². The van der Waals surface area contributed by atoms with Crippen LogP contribution in [0.15, 0.2) is 30.3 Å². The van der Waals surface area contributed by atoms with Crippen LogP contribution in [0, 0.1) is 11.3 Å². The van der Waals surface area contributed by atoms with Crippen molar-refractivity contribution in [2.24, 2.45) is 17.1 Å². The first-order valence-electron chi connectivity index (χ1n) is 8.06. The van der Waals surface area contributed by atoms with E-state index in [4.69, 9.17) is 5.73 Å². The molecule has 0 aliphatic heterocycles. The van der Waals surface area contributed by atoms with Gasteiger partial charge in [-0.15, -0.1) is 0 Å². The van der Waals surface area contributed by atoms with Gasteiger partial charge in [0.2, 0.25) is 0 Å². The molecule has 1 saturated carbocycles. The van der Waals surface area contributed by atoms with Gasteiger partial charge in [0.05, 0.1) is 5.60 Å². The molecule has 0 heterocycles. The van der Waals surface area contributed by atoms with Gasteiger partial charge in [0.1, 0.15) is 0 Å². The molecule has 3 atom stereocenters. The van der Waals surface area contributed by atoms with E-state index in [9.17, 15) is 5.11 Å². The fourth-order valence-electron chi connectivity index (χ4n) is 4.18. The number of benzene rings is 1. The molecular weight excluding hydrogens is 246 g/mol. The summed E-state index contributed by atoms with van der Waals surface area (Å²) in [5.41, 5.74) is 6.29. The molecule has 0 radical (unpaired) electrons. The first-order valence-corrected chi connectivity index (χ1v) is 8.06. The predicted molar refractivity (Wildman–Crippen MR) is 84.4 cm³/mol. The lowest BCUT2D eigenvalue weighted by molar-refractivity contribution is -0.120. The molecule has 1 aliphatic carbocycles. The van der Waals surface area contributed by atoms with Crippen LogP contribution in [0.3, 0.4) is 0 Å². The number of aliphatic hydroxyl groups is 1. The van der Waals surface area contributed by atoms with Gasteiger partial charge in [-0.1, -0.05) is 63.4 Å². The van der Waals surface area contributed by atoms with Gasteiger partial charge >= 0.3 is 0 Å². The number of nitrogens with two attached hydrogens (primary N) is 1. The van der Waals surface area contributed by atoms with E-state index < -0.39 is 5.60 Å². The highest BCUT2D eigenvalue weighted by Gasteiger charge is 2.51. The highest BCUT2D eigenvalue weighted by Crippen LogP contribution is 2.52. The highest BCUT2D eigenvalue weighted by molar-refractivity contribution is 5.26. The van der Waals surface area contributed by atoms with E-state index in [1.807, 2.05) is 18.2 Å². The third kappa shape index (κ3) is 2.64. The van der Waals surface area contributed by atoms with Crippen molar-refractivity contribution in [3.63, 3.8) is 0 Å². The highest BCUT2D eigenvalue weighted by atomic mass is 16.3. The van der Waals surface area contributed by atoms with Crippen molar-refractivity contribution in [1.82, 2.24) is 0 Å². The van der Waals surface area contributed by atoms with E-state index >= 15 is 0 Å². The van der Waals surface area contributed by atoms with Gasteiger partial charge in [0.15, 0.2) is 0 Å². The molecule has 0 spiro atoms. The van der Waals surface area contributed by atoms with Crippen LogP contribution in [0.5, 0.6) is 0 Å². The Labute approximate surface area is 123 Å². The van der Waals surface area contributed by atoms with Crippen molar-refractivity contribution < 1.29 is 5.11 Å². The number of hydrogen-bond donors (Lipinski definition) is 2. The lowest BCUT2D eigenvalue weighted by Crippen LogP contribution is -2.52. The first-order chi connectivity index (χ1) is 9.58. The Balaban J connectivity index is 2.44. The minimum atomic E-state index is -0.785. The molecule has 1 aliphatic rings. The van der Waals surface area contributed by atoms with Gasteiger partial charge in [-0.05, 0) is 30.7 Å². The molecule has 1 fully saturated rings. The van der Waals surface area contributed by atoms with Crippen LogP contribution < -0.4 is 5.73 Å². The summed E-state index contributed by atoms with van der Waals surface area (Å²) in [4.78, 5) is 0. The van der Waals surface area contributed by atoms with Gasteiger partial charge in [-0.2, -0.15) is 0 Å². The summed E-state index contributed by atoms with van der Waals surface area (Å²) in [7, 11) is 0. The summed E-state index contributed by atoms with van der Waals surface area (Å²) in [5.74, 6) is 0.652. The summed E-state index contributed by atoms with van der Waals surface area (Å²) in [6, 6.07) is 10.2. The Morgan fingerprint density at radius 3 is 2.60 bits per heavy atom. The Morgan fingerprint density at radius 2 is 2.05 bits per heavy atom. The summed E-state index contributed by atoms with van der Waals surface area (Å²) >= 11 is 0. The Bertz CT molecular complexity index is 419. The second kappa shape index (κ2) is 6.28. The van der Waals surface area contributed by atoms with Gasteiger partial charge in [-0.3, -0.25) is 0 Å². The summed E-state index contributed by atoms with van der Waals surface area (Å²) in [6.45, 7) is 5.01. The summed E-state index contributed by atoms with van der Waals surface area (Å²) in [5, 5.41) is 11.6. The average molecular weight is 275 g/mol. The van der Waals surface area contributed by atoms with Crippen LogP contribution in [-0.4, -0.2) is 11.7 Å². The molecule has 0 bridgehead atoms. The zero-order valence-corrected chi connectivity index (χ0v) is 12.9. The van der Waals surface area contributed by atoms with E-state index in [2.05, 4.69) is 26.0 Å². The lowest BCUT2D eigenvalue weighted by Gasteiger charge is -2.51. The Hall–Kier alpha value is -0.860. The standard InChI is InChI=1S/C18H29NO/c1-3-11-18(20,16-9-5-4-6-10-16)17(14-19)12-7-8-15(2)13-17/h4-6,9-10,15,20H,3,7-8,11-14,19H2,1-2H3. The molecule has 3 N–H and O–H groups in total. The molecule has 3 unspecified atom stereocenters. The molecule has 0 amide bonds. The monoisotopic (exact) mass is 275 g/mol. The predicted octanol–water partition coefficient (Wildman–Crippen LogP) is 3.83. The molecule has 0 aromatic heterocycles. The third-order valence-electron chi connectivity index (χ3n) is 5.22. The maximum Gasteiger partial charge on any atom is 0.0964 e. The van der Waals surface area contributed by atoms with Crippen LogP contribution in [0.2, 0.25) is 0 Å². The van der Waals surface area contributed by atoms with Crippen molar-refractivity contribution in [2.75, 3.05) is 6.54 Å². The van der Waals surface area contributed by atoms with Crippen molar-refractivity contribution in [3.05, 3.63) is 35.9 Å². The van der Waals surface area contributed by atoms with Crippen molar-refractivity contribution in [1.29, 1.82) is 0 Å². The zero-order valence-electron chi connectivity index (χ0n) is 12.9. The van der Waals surface area contributed by atoms with E-state index in [1.165, 1.54) is 12.8 Å². The molecule has 112 valence electrons. The van der Waals surface area contributed by atoms with Crippen LogP contribution >= 0.6 is 0 Å². The second-order valence-electron chi connectivity index (χ2n) is 6.66. The van der Waals surface area contributed by atoms with Gasteiger partial charge in [0.25, 0.3) is 0 Å². The molecule has 2 heteroatoms. The van der Waals surface area contributed by atoms with Crippen LogP contribution in [0.25, 0.3) is 0 Å². The fraction of sp³-hybridized carbons (Fsp3) is 0.667. The molecule has 0 saturated heterocycles. The molecule has 2 nitrogen and oxygen atoms in total. The zero-order chi connectivity index (χ0) is 14.6. The maximum atomic E-state index is 11.6. The average Bonchev–Trinajstić information content (AvgIpc) is 2.48. The van der Waals surface area contributed by atoms with Crippen LogP contribution in [0.4, 0.5) is 0 Å². The topological polar surface area (TPSA) is 46.2 Å². The van der Waals surface area contributed by atoms with Gasteiger partial charge in [-0.25, -0.2) is 0 Å². The van der Waals surface area contributed by atoms with Crippen molar-refractivity contribution in [3.8, 4) is 0 Å². The second-order valence-corrected chi connectivity index (χ2v) is 6.66. The largest absolute Gasteiger partial charge is 0.385 e. The van der Waals surface area contributed by atoms with Gasteiger partial charge < -0.3 is 10.8 Å². The maximum absolute atomic E-state index is 11.6. The molecule has 1 aromatic carbocycles. The lowest BCUT2D eigenvalue weighted by atomic mass is 9.57.